The molecule has 20 heteroatoms. The largest absolute Gasteiger partial charge is 0.463 e. The van der Waals surface area contributed by atoms with Crippen molar-refractivity contribution in [3.05, 3.63) is 0 Å². The molecule has 0 N–H and O–H groups in total. The third-order valence-electron chi connectivity index (χ3n) is 14.2. The van der Waals surface area contributed by atoms with Crippen molar-refractivity contribution >= 4 is 59.7 Å². The normalized spacial score (nSPS) is 24.1. The van der Waals surface area contributed by atoms with Crippen LogP contribution in [0.4, 0.5) is 0 Å². The molecule has 6 atom stereocenters. The van der Waals surface area contributed by atoms with Crippen molar-refractivity contribution < 1.29 is 95.3 Å². The Kier molecular flexibility index (Phi) is 24.8. The van der Waals surface area contributed by atoms with E-state index in [1.165, 1.54) is 0 Å². The minimum absolute atomic E-state index is 0.0471. The van der Waals surface area contributed by atoms with Gasteiger partial charge in [-0.25, -0.2) is 24.0 Å². The fourth-order valence-electron chi connectivity index (χ4n) is 5.75. The van der Waals surface area contributed by atoms with Crippen LogP contribution in [0.25, 0.3) is 0 Å². The number of carbonyl (C=O) groups excluding carboxylic acids is 10. The highest BCUT2D eigenvalue weighted by atomic mass is 16.6. The molecule has 0 amide bonds. The average molecular weight is 1060 g/mol. The molecule has 0 spiro atoms. The summed E-state index contributed by atoms with van der Waals surface area (Å²) in [7, 11) is 0. The molecule has 5 heterocycles. The lowest BCUT2D eigenvalue weighted by Crippen LogP contribution is -2.40. The first-order valence-corrected chi connectivity index (χ1v) is 25.8. The molecule has 424 valence electrons. The summed E-state index contributed by atoms with van der Waals surface area (Å²) < 4.78 is 49.8. The second-order valence-corrected chi connectivity index (χ2v) is 23.2. The maximum absolute atomic E-state index is 11.9. The lowest BCUT2D eigenvalue weighted by atomic mass is 9.88. The van der Waals surface area contributed by atoms with E-state index in [9.17, 15) is 47.9 Å². The zero-order valence-electron chi connectivity index (χ0n) is 47.7. The van der Waals surface area contributed by atoms with Gasteiger partial charge in [-0.15, -0.1) is 0 Å². The van der Waals surface area contributed by atoms with Gasteiger partial charge in [0.2, 0.25) is 30.0 Å². The van der Waals surface area contributed by atoms with Crippen LogP contribution >= 0.6 is 0 Å². The maximum Gasteiger partial charge on any atom is 0.350 e. The second-order valence-electron chi connectivity index (χ2n) is 23.2. The number of cyclic esters (lactones) is 5. The monoisotopic (exact) mass is 1060 g/mol. The van der Waals surface area contributed by atoms with Crippen LogP contribution in [0.15, 0.2) is 0 Å². The van der Waals surface area contributed by atoms with E-state index < -0.39 is 92.4 Å². The van der Waals surface area contributed by atoms with E-state index in [1.54, 1.807) is 62.3 Å². The third-order valence-corrected chi connectivity index (χ3v) is 14.2. The summed E-state index contributed by atoms with van der Waals surface area (Å²) in [5.74, 6) is -3.88. The minimum atomic E-state index is -1.08. The Morgan fingerprint density at radius 2 is 0.865 bits per heavy atom. The lowest BCUT2D eigenvalue weighted by Gasteiger charge is -2.27. The summed E-state index contributed by atoms with van der Waals surface area (Å²) in [5, 5.41) is 0. The average Bonchev–Trinajstić information content (AvgIpc) is 4.16. The van der Waals surface area contributed by atoms with Gasteiger partial charge in [0, 0.05) is 30.6 Å². The quantitative estimate of drug-likeness (QED) is 0.112. The van der Waals surface area contributed by atoms with Crippen LogP contribution in [-0.4, -0.2) is 123 Å². The molecule has 5 rings (SSSR count). The number of ether oxygens (including phenoxy) is 10. The number of rotatable bonds is 15. The summed E-state index contributed by atoms with van der Waals surface area (Å²) in [5.41, 5.74) is -4.21. The van der Waals surface area contributed by atoms with Crippen LogP contribution in [0.5, 0.6) is 0 Å². The van der Waals surface area contributed by atoms with Crippen LogP contribution in [0.1, 0.15) is 183 Å². The van der Waals surface area contributed by atoms with Crippen molar-refractivity contribution in [3.63, 3.8) is 0 Å². The second kappa shape index (κ2) is 27.5. The molecule has 0 aromatic carbocycles. The van der Waals surface area contributed by atoms with Gasteiger partial charge in [-0.05, 0) is 108 Å². The SMILES string of the molecule is CCC(C)(C)C(=O)OC1(C)CCOC1=O.CCC(C)(C)C(=O)OC1C(=O)OCC1(C)C.CCC(C)(C)C(=O)OC1C(=O)OCC1C.CCC(C)(C)C(=O)OC1CCOC1=O.CCC(C)(C)C(=O)OC1CCOC1=O. The van der Waals surface area contributed by atoms with Gasteiger partial charge in [0.25, 0.3) is 0 Å². The summed E-state index contributed by atoms with van der Waals surface area (Å²) in [6.45, 7) is 36.4. The van der Waals surface area contributed by atoms with E-state index in [-0.39, 0.29) is 35.8 Å². The van der Waals surface area contributed by atoms with Gasteiger partial charge in [-0.1, -0.05) is 55.4 Å². The van der Waals surface area contributed by atoms with E-state index in [0.29, 0.717) is 84.4 Å². The number of hydrogen-bond donors (Lipinski definition) is 0. The molecule has 5 aliphatic rings. The molecule has 0 aromatic rings. The van der Waals surface area contributed by atoms with Crippen molar-refractivity contribution in [2.45, 2.75) is 213 Å². The minimum Gasteiger partial charge on any atom is -0.463 e. The first kappa shape index (κ1) is 66.7. The summed E-state index contributed by atoms with van der Waals surface area (Å²) in [6, 6.07) is 0. The first-order valence-electron chi connectivity index (χ1n) is 25.8. The molecule has 5 saturated heterocycles. The van der Waals surface area contributed by atoms with Crippen LogP contribution in [-0.2, 0) is 95.3 Å². The van der Waals surface area contributed by atoms with Crippen LogP contribution < -0.4 is 0 Å². The van der Waals surface area contributed by atoms with E-state index in [1.807, 2.05) is 69.2 Å². The van der Waals surface area contributed by atoms with Crippen molar-refractivity contribution in [2.75, 3.05) is 33.0 Å². The molecule has 0 aromatic heterocycles. The van der Waals surface area contributed by atoms with Crippen molar-refractivity contribution in [3.8, 4) is 0 Å². The standard InChI is InChI=1S/C12H20O4.2C11H18O4.2C10H16O4/c1-6-11(2,3)10(14)16-8-9(13)15-7-12(8,4)5;1-5-10(2,3)8(12)15-11(4)6-7-14-9(11)13;1-5-11(3,4)10(13)15-8-7(2)6-14-9(8)12;2*1-4-10(2,3)9(12)14-7-5-6-13-8(7)11/h8H,6-7H2,1-5H3;5-7H2,1-4H3;7-8H,5-6H2,1-4H3;2*7H,4-6H2,1-3H3. The summed E-state index contributed by atoms with van der Waals surface area (Å²) in [4.78, 5) is 115. The Labute approximate surface area is 438 Å². The van der Waals surface area contributed by atoms with Gasteiger partial charge >= 0.3 is 59.7 Å². The molecular weight excluding hydrogens is 969 g/mol. The van der Waals surface area contributed by atoms with Crippen molar-refractivity contribution in [2.24, 2.45) is 38.4 Å². The van der Waals surface area contributed by atoms with Gasteiger partial charge < -0.3 is 47.4 Å². The first-order chi connectivity index (χ1) is 33.8. The maximum atomic E-state index is 11.9. The summed E-state index contributed by atoms with van der Waals surface area (Å²) in [6.07, 6.45) is 1.94. The van der Waals surface area contributed by atoms with Gasteiger partial charge in [-0.2, -0.15) is 0 Å². The topological polar surface area (TPSA) is 263 Å². The predicted octanol–water partition coefficient (Wildman–Crippen LogP) is 7.68. The molecule has 0 saturated carbocycles. The summed E-state index contributed by atoms with van der Waals surface area (Å²) >= 11 is 0. The molecular formula is C54H88O20. The van der Waals surface area contributed by atoms with Gasteiger partial charge in [0.1, 0.15) is 6.61 Å². The fraction of sp³-hybridized carbons (Fsp3) is 0.815. The van der Waals surface area contributed by atoms with Crippen LogP contribution in [0.3, 0.4) is 0 Å². The smallest absolute Gasteiger partial charge is 0.350 e. The Bertz CT molecular complexity index is 1940. The Hall–Kier alpha value is -5.30. The van der Waals surface area contributed by atoms with Gasteiger partial charge in [0.05, 0.1) is 53.5 Å². The number of esters is 10. The Balaban J connectivity index is 0.000000463. The molecule has 6 unspecified atom stereocenters. The Morgan fingerprint density at radius 3 is 1.16 bits per heavy atom. The highest BCUT2D eigenvalue weighted by Crippen LogP contribution is 2.34. The van der Waals surface area contributed by atoms with Crippen molar-refractivity contribution in [1.82, 2.24) is 0 Å². The van der Waals surface area contributed by atoms with Gasteiger partial charge in [-0.3, -0.25) is 24.0 Å². The van der Waals surface area contributed by atoms with Crippen LogP contribution in [0, 0.1) is 38.4 Å². The number of hydrogen-bond acceptors (Lipinski definition) is 20. The van der Waals surface area contributed by atoms with E-state index >= 15 is 0 Å². The molecule has 0 aliphatic carbocycles. The lowest BCUT2D eigenvalue weighted by molar-refractivity contribution is -0.177. The molecule has 5 aliphatic heterocycles. The number of carbonyl (C=O) groups is 10. The zero-order chi connectivity index (χ0) is 57.4. The molecule has 0 radical (unpaired) electrons. The third kappa shape index (κ3) is 19.1. The Morgan fingerprint density at radius 1 is 0.486 bits per heavy atom. The fourth-order valence-corrected chi connectivity index (χ4v) is 5.75. The highest BCUT2D eigenvalue weighted by Gasteiger charge is 2.49. The van der Waals surface area contributed by atoms with E-state index in [0.717, 1.165) is 0 Å². The molecule has 74 heavy (non-hydrogen) atoms. The zero-order valence-corrected chi connectivity index (χ0v) is 47.7. The van der Waals surface area contributed by atoms with Crippen molar-refractivity contribution in [1.29, 1.82) is 0 Å². The van der Waals surface area contributed by atoms with E-state index in [4.69, 9.17) is 47.4 Å². The predicted molar refractivity (Wildman–Crippen MR) is 266 cm³/mol. The molecule has 20 nitrogen and oxygen atoms in total. The molecule has 5 fully saturated rings. The van der Waals surface area contributed by atoms with Crippen LogP contribution in [0.2, 0.25) is 0 Å². The highest BCUT2D eigenvalue weighted by molar-refractivity contribution is 5.87. The van der Waals surface area contributed by atoms with Gasteiger partial charge in [0.15, 0.2) is 0 Å². The van der Waals surface area contributed by atoms with E-state index in [2.05, 4.69) is 0 Å². The molecule has 0 bridgehead atoms.